The van der Waals surface area contributed by atoms with E-state index in [1.54, 1.807) is 11.8 Å². The highest BCUT2D eigenvalue weighted by atomic mass is 32.2. The average Bonchev–Trinajstić information content (AvgIpc) is 3.26. The van der Waals surface area contributed by atoms with Gasteiger partial charge in [0.1, 0.15) is 5.82 Å². The van der Waals surface area contributed by atoms with Crippen molar-refractivity contribution in [3.8, 4) is 0 Å². The Balaban J connectivity index is 1.19. The van der Waals surface area contributed by atoms with Gasteiger partial charge in [0.15, 0.2) is 0 Å². The average molecular weight is 427 g/mol. The highest BCUT2D eigenvalue weighted by Gasteiger charge is 2.40. The van der Waals surface area contributed by atoms with Gasteiger partial charge in [0.2, 0.25) is 0 Å². The Hall–Kier alpha value is -1.96. The number of ether oxygens (including phenoxy) is 1. The van der Waals surface area contributed by atoms with E-state index >= 15 is 0 Å². The van der Waals surface area contributed by atoms with Gasteiger partial charge >= 0.3 is 0 Å². The molecule has 0 aliphatic carbocycles. The molecular weight excluding hydrogens is 396 g/mol. The lowest BCUT2D eigenvalue weighted by Gasteiger charge is -2.49. The van der Waals surface area contributed by atoms with Gasteiger partial charge in [0, 0.05) is 35.6 Å². The Morgan fingerprint density at radius 2 is 1.80 bits per heavy atom. The van der Waals surface area contributed by atoms with Crippen molar-refractivity contribution in [3.63, 3.8) is 0 Å². The number of nitrogens with zero attached hydrogens (tertiary/aromatic N) is 2. The van der Waals surface area contributed by atoms with Crippen LogP contribution in [0.5, 0.6) is 0 Å². The highest BCUT2D eigenvalue weighted by Crippen LogP contribution is 2.33. The number of H-pyrrole nitrogens is 1. The Morgan fingerprint density at radius 3 is 2.50 bits per heavy atom. The summed E-state index contributed by atoms with van der Waals surface area (Å²) in [5, 5.41) is 4.42. The maximum atomic E-state index is 12.8. The molecule has 4 fully saturated rings. The number of nitrogens with one attached hydrogen (secondary N) is 2. The molecule has 0 saturated carbocycles. The molecule has 2 N–H and O–H groups in total. The molecule has 4 aliphatic heterocycles. The molecule has 6 rings (SSSR count). The van der Waals surface area contributed by atoms with Crippen LogP contribution in [0.4, 0.5) is 5.82 Å². The molecule has 160 valence electrons. The predicted molar refractivity (Wildman–Crippen MR) is 119 cm³/mol. The predicted octanol–water partition coefficient (Wildman–Crippen LogP) is 3.22. The van der Waals surface area contributed by atoms with Crippen molar-refractivity contribution in [2.45, 2.75) is 41.8 Å². The van der Waals surface area contributed by atoms with Crippen LogP contribution in [-0.4, -0.2) is 67.3 Å². The van der Waals surface area contributed by atoms with Gasteiger partial charge in [-0.3, -0.25) is 9.69 Å². The van der Waals surface area contributed by atoms with E-state index in [0.717, 1.165) is 47.6 Å². The monoisotopic (exact) mass is 426 g/mol. The smallest absolute Gasteiger partial charge is 0.251 e. The van der Waals surface area contributed by atoms with Crippen molar-refractivity contribution < 1.29 is 9.53 Å². The second-order valence-corrected chi connectivity index (χ2v) is 9.66. The summed E-state index contributed by atoms with van der Waals surface area (Å²) in [7, 11) is 0. The molecule has 0 radical (unpaired) electrons. The Kier molecular flexibility index (Phi) is 5.76. The largest absolute Gasteiger partial charge is 0.378 e. The molecule has 30 heavy (non-hydrogen) atoms. The van der Waals surface area contributed by atoms with E-state index < -0.39 is 0 Å². The first-order valence-corrected chi connectivity index (χ1v) is 11.8. The van der Waals surface area contributed by atoms with Crippen LogP contribution in [0.3, 0.4) is 0 Å². The lowest BCUT2D eigenvalue weighted by Crippen LogP contribution is -2.62. The van der Waals surface area contributed by atoms with Crippen molar-refractivity contribution in [1.29, 1.82) is 0 Å². The second-order valence-electron chi connectivity index (χ2n) is 8.55. The number of anilines is 1. The maximum Gasteiger partial charge on any atom is 0.251 e. The van der Waals surface area contributed by atoms with Crippen LogP contribution in [0.2, 0.25) is 0 Å². The molecular formula is C23H30N4O2S. The normalized spacial score (nSPS) is 28.5. The van der Waals surface area contributed by atoms with E-state index in [4.69, 9.17) is 4.74 Å². The molecule has 4 saturated heterocycles. The number of fused-ring (bicyclic) bond motifs is 3. The number of hydrogen-bond acceptors (Lipinski definition) is 5. The molecule has 2 aromatic rings. The van der Waals surface area contributed by atoms with Gasteiger partial charge in [-0.1, -0.05) is 11.8 Å². The second kappa shape index (κ2) is 8.65. The lowest BCUT2D eigenvalue weighted by atomic mass is 9.79. The van der Waals surface area contributed by atoms with E-state index in [1.165, 1.54) is 25.9 Å². The number of carbonyl (C=O) groups excluding carboxylic acids is 1. The number of morpholine rings is 1. The topological polar surface area (TPSA) is 60.6 Å². The minimum atomic E-state index is 0.0478. The summed E-state index contributed by atoms with van der Waals surface area (Å²) < 4.78 is 5.43. The molecule has 1 amide bonds. The minimum absolute atomic E-state index is 0.0478. The summed E-state index contributed by atoms with van der Waals surface area (Å²) in [6.07, 6.45) is 2.40. The number of hydrogen-bond donors (Lipinski definition) is 2. The zero-order valence-electron chi connectivity index (χ0n) is 17.5. The number of benzene rings is 1. The third-order valence-electron chi connectivity index (χ3n) is 6.82. The van der Waals surface area contributed by atoms with Gasteiger partial charge in [0.05, 0.1) is 18.2 Å². The van der Waals surface area contributed by atoms with Crippen molar-refractivity contribution in [1.82, 2.24) is 15.2 Å². The van der Waals surface area contributed by atoms with Gasteiger partial charge in [-0.2, -0.15) is 0 Å². The summed E-state index contributed by atoms with van der Waals surface area (Å²) in [6.45, 7) is 8.01. The molecule has 5 heterocycles. The van der Waals surface area contributed by atoms with E-state index in [-0.39, 0.29) is 11.9 Å². The van der Waals surface area contributed by atoms with Crippen LogP contribution in [0.15, 0.2) is 46.3 Å². The summed E-state index contributed by atoms with van der Waals surface area (Å²) in [5.41, 5.74) is 0.739. The highest BCUT2D eigenvalue weighted by molar-refractivity contribution is 7.99. The van der Waals surface area contributed by atoms with Crippen LogP contribution in [0, 0.1) is 5.92 Å². The number of aromatic nitrogens is 1. The Bertz CT molecular complexity index is 868. The number of rotatable bonds is 5. The van der Waals surface area contributed by atoms with Crippen LogP contribution in [0.1, 0.15) is 30.1 Å². The quantitative estimate of drug-likeness (QED) is 0.769. The van der Waals surface area contributed by atoms with Gasteiger partial charge in [-0.05, 0) is 75.2 Å². The summed E-state index contributed by atoms with van der Waals surface area (Å²) >= 11 is 1.69. The number of amides is 1. The molecule has 1 aromatic heterocycles. The summed E-state index contributed by atoms with van der Waals surface area (Å²) in [6, 6.07) is 12.9. The van der Waals surface area contributed by atoms with Crippen molar-refractivity contribution in [2.75, 3.05) is 44.3 Å². The first-order valence-electron chi connectivity index (χ1n) is 11.0. The number of carbonyl (C=O) groups is 1. The fraction of sp³-hybridized carbons (Fsp3) is 0.522. The van der Waals surface area contributed by atoms with Crippen molar-refractivity contribution >= 4 is 23.5 Å². The molecule has 7 heteroatoms. The van der Waals surface area contributed by atoms with E-state index in [2.05, 4.69) is 39.2 Å². The van der Waals surface area contributed by atoms with Gasteiger partial charge < -0.3 is 19.9 Å². The Morgan fingerprint density at radius 1 is 1.07 bits per heavy atom. The van der Waals surface area contributed by atoms with Crippen molar-refractivity contribution in [3.05, 3.63) is 42.0 Å². The molecule has 2 atom stereocenters. The van der Waals surface area contributed by atoms with Crippen LogP contribution < -0.4 is 10.2 Å². The van der Waals surface area contributed by atoms with Gasteiger partial charge in [-0.25, -0.2) is 0 Å². The SMILES string of the molecule is C[C@H]1[C@H](NC(=O)c2ccc(Sc3ccc(N4CCOCC4)[nH]3)cc2)C2CCN1CC2. The third kappa shape index (κ3) is 4.11. The first kappa shape index (κ1) is 20.0. The molecule has 4 aliphatic rings. The standard InChI is InChI=1S/C23H30N4O2S/c1-16-22(17-8-10-26(16)11-9-17)25-23(28)18-2-4-19(5-3-18)30-21-7-6-20(24-21)27-12-14-29-15-13-27/h2-7,16-17,22,24H,8-15H2,1H3,(H,25,28)/t16-,22-/m0/s1. The third-order valence-corrected chi connectivity index (χ3v) is 7.78. The van der Waals surface area contributed by atoms with E-state index in [9.17, 15) is 4.79 Å². The fourth-order valence-electron chi connectivity index (χ4n) is 4.99. The molecule has 0 spiro atoms. The van der Waals surface area contributed by atoms with Crippen LogP contribution in [-0.2, 0) is 4.74 Å². The van der Waals surface area contributed by atoms with E-state index in [1.807, 2.05) is 24.3 Å². The molecule has 1 aromatic carbocycles. The van der Waals surface area contributed by atoms with Gasteiger partial charge in [0.25, 0.3) is 5.91 Å². The molecule has 0 unspecified atom stereocenters. The lowest BCUT2D eigenvalue weighted by molar-refractivity contribution is 0.0217. The zero-order chi connectivity index (χ0) is 20.5. The first-order chi connectivity index (χ1) is 14.7. The summed E-state index contributed by atoms with van der Waals surface area (Å²) in [5.74, 6) is 1.81. The van der Waals surface area contributed by atoms with Crippen LogP contribution in [0.25, 0.3) is 0 Å². The molecule has 2 bridgehead atoms. The number of piperidine rings is 3. The van der Waals surface area contributed by atoms with Crippen molar-refractivity contribution in [2.24, 2.45) is 5.92 Å². The Labute approximate surface area is 182 Å². The minimum Gasteiger partial charge on any atom is -0.378 e. The van der Waals surface area contributed by atoms with E-state index in [0.29, 0.717) is 12.0 Å². The summed E-state index contributed by atoms with van der Waals surface area (Å²) in [4.78, 5) is 22.3. The fourth-order valence-corrected chi connectivity index (χ4v) is 5.81. The number of aromatic amines is 1. The molecule has 6 nitrogen and oxygen atoms in total. The van der Waals surface area contributed by atoms with Gasteiger partial charge in [-0.15, -0.1) is 0 Å². The zero-order valence-corrected chi connectivity index (χ0v) is 18.3. The van der Waals surface area contributed by atoms with Crippen LogP contribution >= 0.6 is 11.8 Å². The maximum absolute atomic E-state index is 12.8.